The summed E-state index contributed by atoms with van der Waals surface area (Å²) in [6.07, 6.45) is 4.56. The molecule has 6 heteroatoms. The van der Waals surface area contributed by atoms with Crippen molar-refractivity contribution < 1.29 is 19.4 Å². The number of para-hydroxylation sites is 1. The number of hydrogen-bond acceptors (Lipinski definition) is 4. The molecule has 1 aliphatic rings. The lowest BCUT2D eigenvalue weighted by atomic mass is 9.94. The van der Waals surface area contributed by atoms with Crippen molar-refractivity contribution in [1.82, 2.24) is 9.88 Å². The number of nitrogens with one attached hydrogen (secondary N) is 1. The van der Waals surface area contributed by atoms with Crippen LogP contribution in [0.25, 0.3) is 16.7 Å². The van der Waals surface area contributed by atoms with Crippen molar-refractivity contribution in [2.45, 2.75) is 52.2 Å². The predicted octanol–water partition coefficient (Wildman–Crippen LogP) is 5.57. The lowest BCUT2D eigenvalue weighted by Gasteiger charge is -2.25. The molecule has 33 heavy (non-hydrogen) atoms. The number of likely N-dealkylation sites (tertiary alicyclic amines) is 1. The van der Waals surface area contributed by atoms with Gasteiger partial charge in [0.05, 0.1) is 17.7 Å². The number of aliphatic hydroxyl groups is 1. The standard InChI is InChI=1S/C27H30N2O4/c1-4-5-8-14-29-24(21-16-28-22-13-7-6-12-20(21)22)23(26(31)27(29)32)25(30)18-10-9-11-19(15-18)33-17(2)3/h6-7,9-13,15-17,24,28,30H,4-5,8,14H2,1-3H3/b25-23+. The van der Waals surface area contributed by atoms with Crippen LogP contribution in [0, 0.1) is 0 Å². The molecule has 2 aromatic carbocycles. The van der Waals surface area contributed by atoms with E-state index in [2.05, 4.69) is 11.9 Å². The normalized spacial score (nSPS) is 17.9. The summed E-state index contributed by atoms with van der Waals surface area (Å²) in [6.45, 7) is 6.39. The van der Waals surface area contributed by atoms with Crippen LogP contribution in [0.15, 0.2) is 60.3 Å². The third kappa shape index (κ3) is 4.38. The summed E-state index contributed by atoms with van der Waals surface area (Å²) < 4.78 is 5.76. The van der Waals surface area contributed by atoms with E-state index in [1.165, 1.54) is 0 Å². The van der Waals surface area contributed by atoms with E-state index in [1.54, 1.807) is 29.2 Å². The van der Waals surface area contributed by atoms with Crippen LogP contribution in [-0.2, 0) is 9.59 Å². The van der Waals surface area contributed by atoms with Crippen molar-refractivity contribution in [3.05, 3.63) is 71.4 Å². The summed E-state index contributed by atoms with van der Waals surface area (Å²) in [5.41, 5.74) is 2.28. The number of rotatable bonds is 8. The van der Waals surface area contributed by atoms with Crippen LogP contribution < -0.4 is 4.74 Å². The van der Waals surface area contributed by atoms with Gasteiger partial charge >= 0.3 is 0 Å². The van der Waals surface area contributed by atoms with Gasteiger partial charge in [-0.25, -0.2) is 0 Å². The Kier molecular flexibility index (Phi) is 6.54. The average Bonchev–Trinajstić information content (AvgIpc) is 3.32. The van der Waals surface area contributed by atoms with Crippen LogP contribution in [0.4, 0.5) is 0 Å². The Balaban J connectivity index is 1.85. The van der Waals surface area contributed by atoms with Crippen LogP contribution in [0.1, 0.15) is 57.2 Å². The fraction of sp³-hybridized carbons (Fsp3) is 0.333. The molecular formula is C27H30N2O4. The maximum absolute atomic E-state index is 13.2. The Labute approximate surface area is 193 Å². The quantitative estimate of drug-likeness (QED) is 0.205. The number of ether oxygens (including phenoxy) is 1. The highest BCUT2D eigenvalue weighted by Crippen LogP contribution is 2.42. The molecule has 1 aromatic heterocycles. The van der Waals surface area contributed by atoms with Gasteiger partial charge in [0.2, 0.25) is 0 Å². The minimum atomic E-state index is -0.660. The molecule has 172 valence electrons. The first-order valence-electron chi connectivity index (χ1n) is 11.5. The third-order valence-electron chi connectivity index (χ3n) is 5.94. The van der Waals surface area contributed by atoms with E-state index in [0.717, 1.165) is 35.7 Å². The molecule has 1 amide bonds. The first-order chi connectivity index (χ1) is 15.9. The molecule has 2 heterocycles. The largest absolute Gasteiger partial charge is 0.507 e. The predicted molar refractivity (Wildman–Crippen MR) is 129 cm³/mol. The lowest BCUT2D eigenvalue weighted by molar-refractivity contribution is -0.139. The van der Waals surface area contributed by atoms with Gasteiger partial charge in [-0.3, -0.25) is 9.59 Å². The number of benzene rings is 2. The zero-order valence-corrected chi connectivity index (χ0v) is 19.3. The molecule has 2 N–H and O–H groups in total. The summed E-state index contributed by atoms with van der Waals surface area (Å²) in [5.74, 6) is -0.822. The fourth-order valence-corrected chi connectivity index (χ4v) is 4.43. The van der Waals surface area contributed by atoms with Crippen molar-refractivity contribution in [1.29, 1.82) is 0 Å². The molecule has 0 aliphatic carbocycles. The number of hydrogen-bond donors (Lipinski definition) is 2. The molecule has 1 unspecified atom stereocenters. The molecule has 1 saturated heterocycles. The Morgan fingerprint density at radius 2 is 1.91 bits per heavy atom. The highest BCUT2D eigenvalue weighted by atomic mass is 16.5. The van der Waals surface area contributed by atoms with E-state index in [1.807, 2.05) is 44.3 Å². The number of amides is 1. The first-order valence-corrected chi connectivity index (χ1v) is 11.5. The van der Waals surface area contributed by atoms with Gasteiger partial charge in [0, 0.05) is 34.8 Å². The highest BCUT2D eigenvalue weighted by molar-refractivity contribution is 6.46. The molecule has 1 fully saturated rings. The van der Waals surface area contributed by atoms with Gasteiger partial charge < -0.3 is 19.7 Å². The van der Waals surface area contributed by atoms with Crippen LogP contribution in [0.5, 0.6) is 5.75 Å². The fourth-order valence-electron chi connectivity index (χ4n) is 4.43. The molecule has 0 spiro atoms. The van der Waals surface area contributed by atoms with Gasteiger partial charge in [0.1, 0.15) is 11.5 Å². The number of H-pyrrole nitrogens is 1. The maximum Gasteiger partial charge on any atom is 0.295 e. The maximum atomic E-state index is 13.2. The average molecular weight is 447 g/mol. The van der Waals surface area contributed by atoms with Gasteiger partial charge in [-0.05, 0) is 38.5 Å². The Hall–Kier alpha value is -3.54. The van der Waals surface area contributed by atoms with Crippen LogP contribution >= 0.6 is 0 Å². The van der Waals surface area contributed by atoms with E-state index >= 15 is 0 Å². The second-order valence-corrected chi connectivity index (χ2v) is 8.68. The Bertz CT molecular complexity index is 1210. The molecule has 0 bridgehead atoms. The number of aromatic nitrogens is 1. The minimum Gasteiger partial charge on any atom is -0.507 e. The summed E-state index contributed by atoms with van der Waals surface area (Å²) in [5, 5.41) is 12.2. The molecule has 0 saturated carbocycles. The van der Waals surface area contributed by atoms with E-state index in [-0.39, 0.29) is 17.4 Å². The minimum absolute atomic E-state index is 0.0298. The van der Waals surface area contributed by atoms with Crippen molar-refractivity contribution in [2.75, 3.05) is 6.54 Å². The van der Waals surface area contributed by atoms with Crippen LogP contribution in [0.3, 0.4) is 0 Å². The number of aromatic amines is 1. The Morgan fingerprint density at radius 3 is 2.67 bits per heavy atom. The molecule has 4 rings (SSSR count). The van der Waals surface area contributed by atoms with Gasteiger partial charge in [0.15, 0.2) is 0 Å². The van der Waals surface area contributed by atoms with E-state index in [9.17, 15) is 14.7 Å². The molecule has 1 atom stereocenters. The summed E-state index contributed by atoms with van der Waals surface area (Å²) in [7, 11) is 0. The number of unbranched alkanes of at least 4 members (excludes halogenated alkanes) is 2. The highest BCUT2D eigenvalue weighted by Gasteiger charge is 2.46. The number of nitrogens with zero attached hydrogens (tertiary/aromatic N) is 1. The number of fused-ring (bicyclic) bond motifs is 1. The second-order valence-electron chi connectivity index (χ2n) is 8.68. The molecule has 1 aliphatic heterocycles. The van der Waals surface area contributed by atoms with Gasteiger partial charge in [0.25, 0.3) is 11.7 Å². The second kappa shape index (κ2) is 9.53. The van der Waals surface area contributed by atoms with E-state index in [0.29, 0.717) is 17.9 Å². The van der Waals surface area contributed by atoms with Crippen LogP contribution in [0.2, 0.25) is 0 Å². The van der Waals surface area contributed by atoms with Crippen molar-refractivity contribution in [3.8, 4) is 5.75 Å². The third-order valence-corrected chi connectivity index (χ3v) is 5.94. The summed E-state index contributed by atoms with van der Waals surface area (Å²) >= 11 is 0. The van der Waals surface area contributed by atoms with Gasteiger partial charge in [-0.1, -0.05) is 50.1 Å². The number of carbonyl (C=O) groups is 2. The van der Waals surface area contributed by atoms with E-state index < -0.39 is 17.7 Å². The zero-order chi connectivity index (χ0) is 23.5. The summed E-state index contributed by atoms with van der Waals surface area (Å²) in [6, 6.07) is 14.1. The number of Topliss-reactive ketones (excluding diaryl/α,β-unsaturated/α-hetero) is 1. The van der Waals surface area contributed by atoms with Crippen molar-refractivity contribution >= 4 is 28.4 Å². The van der Waals surface area contributed by atoms with Gasteiger partial charge in [-0.2, -0.15) is 0 Å². The summed E-state index contributed by atoms with van der Waals surface area (Å²) in [4.78, 5) is 31.2. The van der Waals surface area contributed by atoms with Gasteiger partial charge in [-0.15, -0.1) is 0 Å². The smallest absolute Gasteiger partial charge is 0.295 e. The molecule has 0 radical (unpaired) electrons. The first kappa shape index (κ1) is 22.6. The van der Waals surface area contributed by atoms with E-state index in [4.69, 9.17) is 4.74 Å². The zero-order valence-electron chi connectivity index (χ0n) is 19.3. The van der Waals surface area contributed by atoms with Crippen molar-refractivity contribution in [3.63, 3.8) is 0 Å². The lowest BCUT2D eigenvalue weighted by Crippen LogP contribution is -2.30. The molecule has 6 nitrogen and oxygen atoms in total. The molecule has 3 aromatic rings. The Morgan fingerprint density at radius 1 is 1.12 bits per heavy atom. The number of aliphatic hydroxyl groups excluding tert-OH is 1. The number of carbonyl (C=O) groups excluding carboxylic acids is 2. The monoisotopic (exact) mass is 446 g/mol. The SMILES string of the molecule is CCCCCN1C(=O)C(=O)/C(=C(/O)c2cccc(OC(C)C)c2)C1c1c[nH]c2ccccc12. The molecular weight excluding hydrogens is 416 g/mol. The number of ketones is 1. The van der Waals surface area contributed by atoms with Crippen molar-refractivity contribution in [2.24, 2.45) is 0 Å². The topological polar surface area (TPSA) is 82.6 Å². The van der Waals surface area contributed by atoms with Crippen LogP contribution in [-0.4, -0.2) is 39.3 Å².